The van der Waals surface area contributed by atoms with Crippen molar-refractivity contribution in [1.82, 2.24) is 4.98 Å². The topological polar surface area (TPSA) is 43.1 Å². The average molecular weight is 456 g/mol. The van der Waals surface area contributed by atoms with Gasteiger partial charge in [-0.1, -0.05) is 66.7 Å². The van der Waals surface area contributed by atoms with Crippen molar-refractivity contribution in [1.29, 1.82) is 0 Å². The lowest BCUT2D eigenvalue weighted by Crippen LogP contribution is -2.37. The van der Waals surface area contributed by atoms with Gasteiger partial charge in [0.1, 0.15) is 11.5 Å². The summed E-state index contributed by atoms with van der Waals surface area (Å²) < 4.78 is 8.23. The molecule has 0 N–H and O–H groups in total. The highest BCUT2D eigenvalue weighted by Gasteiger charge is 2.46. The third-order valence-corrected chi connectivity index (χ3v) is 6.57. The number of benzene rings is 3. The minimum Gasteiger partial charge on any atom is -0.457 e. The molecule has 0 unspecified atom stereocenters. The van der Waals surface area contributed by atoms with E-state index in [1.807, 2.05) is 114 Å². The van der Waals surface area contributed by atoms with Crippen LogP contribution in [0.2, 0.25) is 0 Å². The van der Waals surface area contributed by atoms with Gasteiger partial charge >= 0.3 is 0 Å². The van der Waals surface area contributed by atoms with Crippen LogP contribution in [0.4, 0.5) is 0 Å². The first-order valence-electron chi connectivity index (χ1n) is 11.6. The summed E-state index contributed by atoms with van der Waals surface area (Å²) in [5.41, 5.74) is 3.78. The van der Waals surface area contributed by atoms with Crippen LogP contribution in [0.1, 0.15) is 32.7 Å². The number of ketones is 1. The number of carbonyl (C=O) groups is 1. The third-order valence-electron chi connectivity index (χ3n) is 6.57. The molecule has 0 amide bonds. The quantitative estimate of drug-likeness (QED) is 0.246. The maximum atomic E-state index is 13.3. The van der Waals surface area contributed by atoms with Crippen LogP contribution in [0.15, 0.2) is 128 Å². The summed E-state index contributed by atoms with van der Waals surface area (Å²) in [5.74, 6) is 1.62. The summed E-state index contributed by atoms with van der Waals surface area (Å²) in [5, 5.41) is 0. The molecule has 0 saturated heterocycles. The molecule has 0 aliphatic carbocycles. The van der Waals surface area contributed by atoms with Crippen molar-refractivity contribution in [3.05, 3.63) is 156 Å². The summed E-state index contributed by atoms with van der Waals surface area (Å²) in [4.78, 5) is 18.2. The van der Waals surface area contributed by atoms with Gasteiger partial charge < -0.3 is 4.74 Å². The standard InChI is InChI=1S/C31H23N2O2/c34-27(22-33-19-8-1-9-20-33)23-11-10-12-24(21-23)31(30-17-6-7-18-32-30)25-13-2-4-15-28(25)35-29-16-5-3-14-26(29)31/h1-21H,22H2/q+1. The molecule has 168 valence electrons. The first kappa shape index (κ1) is 21.0. The first-order chi connectivity index (χ1) is 17.3. The largest absolute Gasteiger partial charge is 0.457 e. The minimum absolute atomic E-state index is 0.0489. The SMILES string of the molecule is O=C(C[n+]1ccccc1)c1cccc(C2(c3ccccn3)c3ccccc3Oc3ccccc32)c1. The molecular formula is C31H23N2O2+. The highest BCUT2D eigenvalue weighted by Crippen LogP contribution is 2.54. The van der Waals surface area contributed by atoms with Crippen molar-refractivity contribution in [3.63, 3.8) is 0 Å². The van der Waals surface area contributed by atoms with E-state index >= 15 is 0 Å². The number of aromatic nitrogens is 2. The van der Waals surface area contributed by atoms with E-state index in [4.69, 9.17) is 9.72 Å². The van der Waals surface area contributed by atoms with Crippen LogP contribution in [0.3, 0.4) is 0 Å². The van der Waals surface area contributed by atoms with E-state index in [1.54, 1.807) is 0 Å². The normalized spacial score (nSPS) is 13.3. The summed E-state index contributed by atoms with van der Waals surface area (Å²) in [7, 11) is 0. The maximum absolute atomic E-state index is 13.3. The number of rotatable bonds is 5. The fourth-order valence-corrected chi connectivity index (χ4v) is 5.04. The Morgan fingerprint density at radius 1 is 0.743 bits per heavy atom. The molecule has 0 radical (unpaired) electrons. The fraction of sp³-hybridized carbons (Fsp3) is 0.0645. The molecule has 4 nitrogen and oxygen atoms in total. The van der Waals surface area contributed by atoms with Crippen LogP contribution in [0.25, 0.3) is 0 Å². The smallest absolute Gasteiger partial charge is 0.227 e. The number of hydrogen-bond donors (Lipinski definition) is 0. The van der Waals surface area contributed by atoms with Crippen molar-refractivity contribution in [2.75, 3.05) is 0 Å². The molecule has 0 spiro atoms. The van der Waals surface area contributed by atoms with E-state index in [2.05, 4.69) is 18.2 Å². The Hall–Kier alpha value is -4.57. The molecule has 4 heteroatoms. The number of para-hydroxylation sites is 2. The Kier molecular flexibility index (Phi) is 5.19. The van der Waals surface area contributed by atoms with Crippen LogP contribution in [-0.4, -0.2) is 10.8 Å². The number of Topliss-reactive ketones (excluding diaryl/α,β-unsaturated/α-hetero) is 1. The predicted octanol–water partition coefficient (Wildman–Crippen LogP) is 5.74. The molecule has 6 rings (SSSR count). The van der Waals surface area contributed by atoms with Crippen LogP contribution in [-0.2, 0) is 12.0 Å². The van der Waals surface area contributed by atoms with Gasteiger partial charge in [0.25, 0.3) is 0 Å². The second-order valence-electron chi connectivity index (χ2n) is 8.61. The Morgan fingerprint density at radius 3 is 2.11 bits per heavy atom. The summed E-state index contributed by atoms with van der Waals surface area (Å²) in [6.07, 6.45) is 5.63. The van der Waals surface area contributed by atoms with Gasteiger partial charge in [0.05, 0.1) is 11.1 Å². The Balaban J connectivity index is 1.59. The average Bonchev–Trinajstić information content (AvgIpc) is 2.93. The van der Waals surface area contributed by atoms with Crippen molar-refractivity contribution in [2.45, 2.75) is 12.0 Å². The molecule has 3 heterocycles. The number of fused-ring (bicyclic) bond motifs is 2. The second-order valence-corrected chi connectivity index (χ2v) is 8.61. The monoisotopic (exact) mass is 455 g/mol. The van der Waals surface area contributed by atoms with E-state index in [0.717, 1.165) is 33.9 Å². The molecule has 0 bridgehead atoms. The highest BCUT2D eigenvalue weighted by atomic mass is 16.5. The van der Waals surface area contributed by atoms with Crippen LogP contribution in [0.5, 0.6) is 11.5 Å². The van der Waals surface area contributed by atoms with Gasteiger partial charge in [-0.15, -0.1) is 0 Å². The molecule has 3 aromatic carbocycles. The lowest BCUT2D eigenvalue weighted by molar-refractivity contribution is -0.683. The van der Waals surface area contributed by atoms with E-state index in [9.17, 15) is 4.79 Å². The highest BCUT2D eigenvalue weighted by molar-refractivity contribution is 5.95. The van der Waals surface area contributed by atoms with Gasteiger partial charge in [-0.25, -0.2) is 0 Å². The van der Waals surface area contributed by atoms with Gasteiger partial charge in [-0.2, -0.15) is 4.57 Å². The lowest BCUT2D eigenvalue weighted by atomic mass is 9.65. The number of carbonyl (C=O) groups excluding carboxylic acids is 1. The van der Waals surface area contributed by atoms with E-state index < -0.39 is 5.41 Å². The molecule has 1 aliphatic heterocycles. The summed E-state index contributed by atoms with van der Waals surface area (Å²) >= 11 is 0. The molecular weight excluding hydrogens is 432 g/mol. The van der Waals surface area contributed by atoms with E-state index in [0.29, 0.717) is 5.56 Å². The molecule has 0 fully saturated rings. The van der Waals surface area contributed by atoms with Gasteiger partial charge in [-0.3, -0.25) is 9.78 Å². The zero-order valence-corrected chi connectivity index (χ0v) is 19.0. The second kappa shape index (κ2) is 8.65. The van der Waals surface area contributed by atoms with Crippen LogP contribution < -0.4 is 9.30 Å². The number of hydrogen-bond acceptors (Lipinski definition) is 3. The molecule has 5 aromatic rings. The van der Waals surface area contributed by atoms with E-state index in [1.165, 1.54) is 0 Å². The Labute approximate surface area is 204 Å². The summed E-state index contributed by atoms with van der Waals surface area (Å²) in [6.45, 7) is 0.275. The minimum atomic E-state index is -0.733. The molecule has 0 saturated carbocycles. The Morgan fingerprint density at radius 2 is 1.43 bits per heavy atom. The maximum Gasteiger partial charge on any atom is 0.227 e. The zero-order valence-electron chi connectivity index (χ0n) is 19.0. The van der Waals surface area contributed by atoms with Gasteiger partial charge in [0.2, 0.25) is 12.3 Å². The fourth-order valence-electron chi connectivity index (χ4n) is 5.04. The molecule has 35 heavy (non-hydrogen) atoms. The van der Waals surface area contributed by atoms with Crippen LogP contribution in [0, 0.1) is 0 Å². The van der Waals surface area contributed by atoms with Gasteiger partial charge in [0.15, 0.2) is 12.4 Å². The van der Waals surface area contributed by atoms with Gasteiger partial charge in [0, 0.05) is 35.0 Å². The van der Waals surface area contributed by atoms with Crippen molar-refractivity contribution >= 4 is 5.78 Å². The van der Waals surface area contributed by atoms with E-state index in [-0.39, 0.29) is 12.3 Å². The van der Waals surface area contributed by atoms with Crippen molar-refractivity contribution in [2.24, 2.45) is 0 Å². The van der Waals surface area contributed by atoms with Crippen molar-refractivity contribution in [3.8, 4) is 11.5 Å². The predicted molar refractivity (Wildman–Crippen MR) is 134 cm³/mol. The lowest BCUT2D eigenvalue weighted by Gasteiger charge is -2.40. The number of nitrogens with zero attached hydrogens (tertiary/aromatic N) is 2. The first-order valence-corrected chi connectivity index (χ1v) is 11.6. The zero-order chi connectivity index (χ0) is 23.7. The Bertz CT molecular complexity index is 1470. The molecule has 2 aromatic heterocycles. The summed E-state index contributed by atoms with van der Waals surface area (Å²) in [6, 6.07) is 35.9. The molecule has 1 aliphatic rings. The third kappa shape index (κ3) is 3.51. The molecule has 0 atom stereocenters. The van der Waals surface area contributed by atoms with Gasteiger partial charge in [-0.05, 0) is 35.9 Å². The van der Waals surface area contributed by atoms with Crippen LogP contribution >= 0.6 is 0 Å². The number of pyridine rings is 2. The van der Waals surface area contributed by atoms with Crippen molar-refractivity contribution < 1.29 is 14.1 Å². The number of ether oxygens (including phenoxy) is 1.